The summed E-state index contributed by atoms with van der Waals surface area (Å²) in [5.41, 5.74) is 3.65. The molecule has 1 aromatic heterocycles. The lowest BCUT2D eigenvalue weighted by Crippen LogP contribution is -2.41. The van der Waals surface area contributed by atoms with Crippen LogP contribution in [0.5, 0.6) is 5.75 Å². The number of carbonyl (C=O) groups is 1. The molecule has 1 fully saturated rings. The van der Waals surface area contributed by atoms with Crippen molar-refractivity contribution in [2.45, 2.75) is 51.0 Å². The Hall–Kier alpha value is -3.17. The van der Waals surface area contributed by atoms with Gasteiger partial charge in [-0.15, -0.1) is 0 Å². The highest BCUT2D eigenvalue weighted by Crippen LogP contribution is 2.31. The summed E-state index contributed by atoms with van der Waals surface area (Å²) in [5, 5.41) is 19.8. The van der Waals surface area contributed by atoms with Crippen molar-refractivity contribution in [1.82, 2.24) is 14.5 Å². The molecule has 1 atom stereocenters. The van der Waals surface area contributed by atoms with Gasteiger partial charge in [-0.25, -0.2) is 8.42 Å². The summed E-state index contributed by atoms with van der Waals surface area (Å²) in [7, 11) is -3.57. The Morgan fingerprint density at radius 2 is 1.82 bits per heavy atom. The van der Waals surface area contributed by atoms with E-state index in [4.69, 9.17) is 0 Å². The van der Waals surface area contributed by atoms with Crippen molar-refractivity contribution in [3.05, 3.63) is 59.3 Å². The Morgan fingerprint density at radius 1 is 1.12 bits per heavy atom. The molecular formula is C24H28N4O4S. The number of carbonyl (C=O) groups excluding carboxylic acids is 1. The first-order valence-corrected chi connectivity index (χ1v) is 12.4. The molecular weight excluding hydrogens is 440 g/mol. The fourth-order valence-corrected chi connectivity index (χ4v) is 5.75. The number of rotatable bonds is 5. The van der Waals surface area contributed by atoms with Crippen molar-refractivity contribution < 1.29 is 18.3 Å². The number of anilines is 1. The highest BCUT2D eigenvalue weighted by Gasteiger charge is 2.30. The van der Waals surface area contributed by atoms with Gasteiger partial charge in [-0.2, -0.15) is 9.40 Å². The third-order valence-corrected chi connectivity index (χ3v) is 8.20. The fourth-order valence-electron chi connectivity index (χ4n) is 4.06. The number of piperidine rings is 1. The second-order valence-electron chi connectivity index (χ2n) is 8.56. The average molecular weight is 469 g/mol. The van der Waals surface area contributed by atoms with Gasteiger partial charge in [-0.1, -0.05) is 6.42 Å². The molecule has 3 aromatic rings. The summed E-state index contributed by atoms with van der Waals surface area (Å²) in [5.74, 6) is -0.325. The molecule has 2 aromatic carbocycles. The molecule has 174 valence electrons. The topological polar surface area (TPSA) is 115 Å². The number of sulfonamides is 1. The molecule has 0 saturated carbocycles. The van der Waals surface area contributed by atoms with E-state index < -0.39 is 15.9 Å². The second-order valence-corrected chi connectivity index (χ2v) is 10.5. The normalized spacial score (nSPS) is 17.1. The van der Waals surface area contributed by atoms with Crippen LogP contribution in [-0.4, -0.2) is 46.5 Å². The molecule has 0 aliphatic carbocycles. The van der Waals surface area contributed by atoms with E-state index in [0.29, 0.717) is 23.5 Å². The van der Waals surface area contributed by atoms with E-state index in [1.54, 1.807) is 28.6 Å². The van der Waals surface area contributed by atoms with Crippen LogP contribution in [0, 0.1) is 13.8 Å². The number of aryl methyl sites for hydroxylation is 2. The summed E-state index contributed by atoms with van der Waals surface area (Å²) in [6.45, 7) is 6.31. The molecule has 2 heterocycles. The average Bonchev–Trinajstić information content (AvgIpc) is 3.27. The van der Waals surface area contributed by atoms with Gasteiger partial charge in [0.2, 0.25) is 10.0 Å². The highest BCUT2D eigenvalue weighted by atomic mass is 32.2. The van der Waals surface area contributed by atoms with Crippen molar-refractivity contribution in [2.75, 3.05) is 11.9 Å². The van der Waals surface area contributed by atoms with Crippen molar-refractivity contribution in [3.63, 3.8) is 0 Å². The number of benzene rings is 2. The van der Waals surface area contributed by atoms with Crippen LogP contribution in [0.2, 0.25) is 0 Å². The van der Waals surface area contributed by atoms with Crippen LogP contribution in [0.15, 0.2) is 47.4 Å². The molecule has 0 unspecified atom stereocenters. The Balaban J connectivity index is 1.48. The first-order chi connectivity index (χ1) is 15.7. The summed E-state index contributed by atoms with van der Waals surface area (Å²) in [6, 6.07) is 11.2. The van der Waals surface area contributed by atoms with Crippen LogP contribution >= 0.6 is 0 Å². The number of hydrogen-bond acceptors (Lipinski definition) is 5. The SMILES string of the molecule is Cc1cc(O)c(-c2cc(C(=O)Nc3ccc(S(=O)(=O)N4CCCC[C@H]4C)cc3)[nH]n2)cc1C. The monoisotopic (exact) mass is 468 g/mol. The molecule has 3 N–H and O–H groups in total. The summed E-state index contributed by atoms with van der Waals surface area (Å²) < 4.78 is 27.5. The van der Waals surface area contributed by atoms with Crippen molar-refractivity contribution in [3.8, 4) is 17.0 Å². The Labute approximate surface area is 193 Å². The van der Waals surface area contributed by atoms with Crippen molar-refractivity contribution >= 4 is 21.6 Å². The lowest BCUT2D eigenvalue weighted by Gasteiger charge is -2.32. The van der Waals surface area contributed by atoms with Crippen molar-refractivity contribution in [1.29, 1.82) is 0 Å². The van der Waals surface area contributed by atoms with E-state index in [1.165, 1.54) is 12.1 Å². The zero-order valence-corrected chi connectivity index (χ0v) is 19.7. The van der Waals surface area contributed by atoms with Gasteiger partial charge in [0.1, 0.15) is 11.4 Å². The van der Waals surface area contributed by atoms with Gasteiger partial charge in [0, 0.05) is 23.8 Å². The molecule has 1 aliphatic rings. The van der Waals surface area contributed by atoms with Crippen LogP contribution in [0.1, 0.15) is 47.8 Å². The zero-order valence-electron chi connectivity index (χ0n) is 18.9. The molecule has 0 bridgehead atoms. The van der Waals surface area contributed by atoms with Crippen molar-refractivity contribution in [2.24, 2.45) is 0 Å². The number of phenolic OH excluding ortho intramolecular Hbond substituents is 1. The first kappa shape index (κ1) is 23.0. The number of hydrogen-bond donors (Lipinski definition) is 3. The molecule has 1 saturated heterocycles. The Bertz CT molecular complexity index is 1280. The van der Waals surface area contributed by atoms with Gasteiger partial charge in [0.15, 0.2) is 0 Å². The van der Waals surface area contributed by atoms with Gasteiger partial charge < -0.3 is 10.4 Å². The number of nitrogens with one attached hydrogen (secondary N) is 2. The standard InChI is InChI=1S/C24H28N4O4S/c1-15-12-20(23(29)13-16(15)2)21-14-22(27-26-21)24(30)25-18-7-9-19(10-8-18)33(31,32)28-11-5-4-6-17(28)3/h7-10,12-14,17,29H,4-6,11H2,1-3H3,(H,25,30)(H,26,27)/t17-/m1/s1. The number of aromatic amines is 1. The summed E-state index contributed by atoms with van der Waals surface area (Å²) >= 11 is 0. The third-order valence-electron chi connectivity index (χ3n) is 6.17. The number of aromatic nitrogens is 2. The van der Waals surface area contributed by atoms with E-state index in [1.807, 2.05) is 26.8 Å². The minimum Gasteiger partial charge on any atom is -0.507 e. The first-order valence-electron chi connectivity index (χ1n) is 11.0. The van der Waals surface area contributed by atoms with E-state index in [9.17, 15) is 18.3 Å². The maximum Gasteiger partial charge on any atom is 0.273 e. The smallest absolute Gasteiger partial charge is 0.273 e. The van der Waals surface area contributed by atoms with E-state index >= 15 is 0 Å². The van der Waals surface area contributed by atoms with Gasteiger partial charge in [0.25, 0.3) is 5.91 Å². The maximum atomic E-state index is 13.0. The van der Waals surface area contributed by atoms with Gasteiger partial charge in [-0.3, -0.25) is 9.89 Å². The molecule has 1 amide bonds. The lowest BCUT2D eigenvalue weighted by molar-refractivity contribution is 0.102. The number of nitrogens with zero attached hydrogens (tertiary/aromatic N) is 2. The van der Waals surface area contributed by atoms with E-state index in [2.05, 4.69) is 15.5 Å². The summed E-state index contributed by atoms with van der Waals surface area (Å²) in [6.07, 6.45) is 2.76. The van der Waals surface area contributed by atoms with Gasteiger partial charge >= 0.3 is 0 Å². The number of aromatic hydroxyl groups is 1. The van der Waals surface area contributed by atoms with E-state index in [-0.39, 0.29) is 22.4 Å². The second kappa shape index (κ2) is 8.99. The third kappa shape index (κ3) is 4.65. The van der Waals surface area contributed by atoms with Gasteiger partial charge in [-0.05, 0) is 87.2 Å². The predicted octanol–water partition coefficient (Wildman–Crippen LogP) is 4.21. The zero-order chi connectivity index (χ0) is 23.8. The molecule has 9 heteroatoms. The molecule has 0 radical (unpaired) electrons. The highest BCUT2D eigenvalue weighted by molar-refractivity contribution is 7.89. The van der Waals surface area contributed by atoms with Gasteiger partial charge in [0.05, 0.1) is 10.6 Å². The largest absolute Gasteiger partial charge is 0.507 e. The Morgan fingerprint density at radius 3 is 2.52 bits per heavy atom. The minimum absolute atomic E-state index is 0.0190. The molecule has 1 aliphatic heterocycles. The fraction of sp³-hybridized carbons (Fsp3) is 0.333. The summed E-state index contributed by atoms with van der Waals surface area (Å²) in [4.78, 5) is 12.9. The van der Waals surface area contributed by atoms with Crippen LogP contribution < -0.4 is 5.32 Å². The lowest BCUT2D eigenvalue weighted by atomic mass is 10.0. The molecule has 0 spiro atoms. The molecule has 8 nitrogen and oxygen atoms in total. The van der Waals surface area contributed by atoms with Crippen LogP contribution in [0.4, 0.5) is 5.69 Å². The van der Waals surface area contributed by atoms with Crippen LogP contribution in [-0.2, 0) is 10.0 Å². The Kier molecular flexibility index (Phi) is 6.27. The maximum absolute atomic E-state index is 13.0. The molecule has 33 heavy (non-hydrogen) atoms. The van der Waals surface area contributed by atoms with Crippen LogP contribution in [0.25, 0.3) is 11.3 Å². The number of H-pyrrole nitrogens is 1. The number of phenols is 1. The molecule has 4 rings (SSSR count). The quantitative estimate of drug-likeness (QED) is 0.519. The minimum atomic E-state index is -3.57. The van der Waals surface area contributed by atoms with E-state index in [0.717, 1.165) is 30.4 Å². The predicted molar refractivity (Wildman–Crippen MR) is 127 cm³/mol. The number of amides is 1. The van der Waals surface area contributed by atoms with Crippen LogP contribution in [0.3, 0.4) is 0 Å².